The summed E-state index contributed by atoms with van der Waals surface area (Å²) in [6.45, 7) is 5.59. The summed E-state index contributed by atoms with van der Waals surface area (Å²) in [6, 6.07) is 0.168. The Balaban J connectivity index is 2.18. The molecule has 0 radical (unpaired) electrons. The lowest BCUT2D eigenvalue weighted by atomic mass is 10.1. The molecule has 2 atom stereocenters. The van der Waals surface area contributed by atoms with E-state index in [4.69, 9.17) is 5.73 Å². The van der Waals surface area contributed by atoms with Crippen molar-refractivity contribution >= 4 is 11.8 Å². The molecule has 0 aromatic heterocycles. The Bertz CT molecular complexity index is 331. The van der Waals surface area contributed by atoms with Crippen LogP contribution >= 0.6 is 0 Å². The first-order chi connectivity index (χ1) is 10.0. The van der Waals surface area contributed by atoms with Crippen molar-refractivity contribution in [2.45, 2.75) is 64.8 Å². The molecule has 0 unspecified atom stereocenters. The normalized spacial score (nSPS) is 21.5. The molecule has 5 nitrogen and oxygen atoms in total. The van der Waals surface area contributed by atoms with Gasteiger partial charge in [0, 0.05) is 24.9 Å². The number of hydrogen-bond acceptors (Lipinski definition) is 3. The van der Waals surface area contributed by atoms with Gasteiger partial charge in [-0.3, -0.25) is 9.59 Å². The summed E-state index contributed by atoms with van der Waals surface area (Å²) in [6.07, 6.45) is 6.02. The molecule has 0 heterocycles. The van der Waals surface area contributed by atoms with Gasteiger partial charge >= 0.3 is 0 Å². The predicted octanol–water partition coefficient (Wildman–Crippen LogP) is 1.56. The van der Waals surface area contributed by atoms with Crippen LogP contribution in [0, 0.1) is 11.8 Å². The molecule has 4 N–H and O–H groups in total. The Morgan fingerprint density at radius 2 is 1.95 bits per heavy atom. The number of carbonyl (C=O) groups is 2. The third-order valence-electron chi connectivity index (χ3n) is 3.96. The monoisotopic (exact) mass is 297 g/mol. The van der Waals surface area contributed by atoms with E-state index in [2.05, 4.69) is 24.5 Å². The van der Waals surface area contributed by atoms with Gasteiger partial charge in [0.25, 0.3) is 0 Å². The van der Waals surface area contributed by atoms with E-state index in [0.29, 0.717) is 18.9 Å². The van der Waals surface area contributed by atoms with Gasteiger partial charge in [0.1, 0.15) is 0 Å². The highest BCUT2D eigenvalue weighted by Crippen LogP contribution is 2.25. The number of carbonyl (C=O) groups excluding carboxylic acids is 2. The number of unbranched alkanes of at least 4 members (excludes halogenated alkanes) is 2. The molecule has 5 heteroatoms. The van der Waals surface area contributed by atoms with Crippen LogP contribution in [0.2, 0.25) is 0 Å². The van der Waals surface area contributed by atoms with Crippen LogP contribution in [0.1, 0.15) is 58.8 Å². The fourth-order valence-electron chi connectivity index (χ4n) is 2.71. The van der Waals surface area contributed by atoms with E-state index >= 15 is 0 Å². The summed E-state index contributed by atoms with van der Waals surface area (Å²) in [5.74, 6) is 0.786. The molecule has 0 spiro atoms. The molecule has 1 fully saturated rings. The molecule has 1 aliphatic carbocycles. The minimum atomic E-state index is 0.0614. The van der Waals surface area contributed by atoms with E-state index in [1.165, 1.54) is 0 Å². The molecule has 1 rings (SSSR count). The van der Waals surface area contributed by atoms with Crippen LogP contribution < -0.4 is 16.4 Å². The minimum Gasteiger partial charge on any atom is -0.356 e. The van der Waals surface area contributed by atoms with Crippen molar-refractivity contribution in [3.8, 4) is 0 Å². The summed E-state index contributed by atoms with van der Waals surface area (Å²) in [4.78, 5) is 23.8. The van der Waals surface area contributed by atoms with Gasteiger partial charge in [0.2, 0.25) is 11.8 Å². The first-order valence-electron chi connectivity index (χ1n) is 8.30. The lowest BCUT2D eigenvalue weighted by Crippen LogP contribution is -2.35. The van der Waals surface area contributed by atoms with E-state index in [0.717, 1.165) is 45.1 Å². The van der Waals surface area contributed by atoms with Gasteiger partial charge in [-0.2, -0.15) is 0 Å². The van der Waals surface area contributed by atoms with Gasteiger partial charge in [-0.05, 0) is 44.6 Å². The Kier molecular flexibility index (Phi) is 8.35. The van der Waals surface area contributed by atoms with Gasteiger partial charge < -0.3 is 16.4 Å². The van der Waals surface area contributed by atoms with Crippen molar-refractivity contribution in [1.29, 1.82) is 0 Å². The summed E-state index contributed by atoms with van der Waals surface area (Å²) in [5.41, 5.74) is 5.43. The van der Waals surface area contributed by atoms with Crippen LogP contribution in [-0.4, -0.2) is 30.9 Å². The smallest absolute Gasteiger partial charge is 0.223 e. The minimum absolute atomic E-state index is 0.0614. The van der Waals surface area contributed by atoms with E-state index in [-0.39, 0.29) is 23.8 Å². The zero-order valence-corrected chi connectivity index (χ0v) is 13.5. The molecule has 2 amide bonds. The third-order valence-corrected chi connectivity index (χ3v) is 3.96. The second-order valence-electron chi connectivity index (χ2n) is 6.51. The number of rotatable bonds is 9. The maximum atomic E-state index is 12.0. The summed E-state index contributed by atoms with van der Waals surface area (Å²) >= 11 is 0. The highest BCUT2D eigenvalue weighted by atomic mass is 16.2. The number of nitrogens with two attached hydrogens (primary N) is 1. The second kappa shape index (κ2) is 9.77. The first kappa shape index (κ1) is 18.0. The summed E-state index contributed by atoms with van der Waals surface area (Å²) in [5, 5.41) is 6.04. The van der Waals surface area contributed by atoms with Crippen molar-refractivity contribution in [1.82, 2.24) is 10.6 Å². The fraction of sp³-hybridized carbons (Fsp3) is 0.875. The van der Waals surface area contributed by atoms with Crippen LogP contribution in [-0.2, 0) is 9.59 Å². The number of nitrogens with one attached hydrogen (secondary N) is 2. The number of hydrogen-bond donors (Lipinski definition) is 3. The topological polar surface area (TPSA) is 84.2 Å². The summed E-state index contributed by atoms with van der Waals surface area (Å²) in [7, 11) is 0. The van der Waals surface area contributed by atoms with Crippen molar-refractivity contribution in [2.75, 3.05) is 13.1 Å². The van der Waals surface area contributed by atoms with Crippen LogP contribution in [0.15, 0.2) is 0 Å². The average Bonchev–Trinajstić information content (AvgIpc) is 2.89. The quantitative estimate of drug-likeness (QED) is 0.565. The van der Waals surface area contributed by atoms with E-state index in [9.17, 15) is 9.59 Å². The van der Waals surface area contributed by atoms with E-state index in [1.807, 2.05) is 0 Å². The molecule has 122 valence electrons. The molecule has 0 aromatic rings. The molecular weight excluding hydrogens is 266 g/mol. The highest BCUT2D eigenvalue weighted by molar-refractivity contribution is 5.79. The van der Waals surface area contributed by atoms with Gasteiger partial charge in [-0.25, -0.2) is 0 Å². The van der Waals surface area contributed by atoms with E-state index in [1.54, 1.807) is 0 Å². The van der Waals surface area contributed by atoms with Gasteiger partial charge in [-0.15, -0.1) is 0 Å². The van der Waals surface area contributed by atoms with Gasteiger partial charge in [-0.1, -0.05) is 20.3 Å². The summed E-state index contributed by atoms with van der Waals surface area (Å²) < 4.78 is 0. The first-order valence-corrected chi connectivity index (χ1v) is 8.30. The van der Waals surface area contributed by atoms with E-state index < -0.39 is 0 Å². The molecule has 0 aromatic carbocycles. The van der Waals surface area contributed by atoms with Crippen molar-refractivity contribution in [3.63, 3.8) is 0 Å². The zero-order chi connectivity index (χ0) is 15.7. The van der Waals surface area contributed by atoms with Crippen molar-refractivity contribution < 1.29 is 9.59 Å². The largest absolute Gasteiger partial charge is 0.356 e. The standard InChI is InChI=1S/C16H31N3O2/c1-12(2)11-18-16(21)13-7-8-14(10-13)19-15(20)6-4-3-5-9-17/h12-14H,3-11,17H2,1-2H3,(H,18,21)(H,19,20)/t13-,14+/m1/s1. The number of amides is 2. The van der Waals surface area contributed by atoms with Crippen LogP contribution in [0.5, 0.6) is 0 Å². The third kappa shape index (κ3) is 7.46. The maximum absolute atomic E-state index is 12.0. The van der Waals surface area contributed by atoms with Gasteiger partial charge in [0.15, 0.2) is 0 Å². The average molecular weight is 297 g/mol. The molecule has 0 bridgehead atoms. The molecular formula is C16H31N3O2. The SMILES string of the molecule is CC(C)CNC(=O)[C@@H]1CC[C@H](NC(=O)CCCCCN)C1. The maximum Gasteiger partial charge on any atom is 0.223 e. The molecule has 0 aliphatic heterocycles. The second-order valence-corrected chi connectivity index (χ2v) is 6.51. The van der Waals surface area contributed by atoms with Crippen LogP contribution in [0.4, 0.5) is 0 Å². The highest BCUT2D eigenvalue weighted by Gasteiger charge is 2.30. The Labute approximate surface area is 128 Å². The van der Waals surface area contributed by atoms with Gasteiger partial charge in [0.05, 0.1) is 0 Å². The lowest BCUT2D eigenvalue weighted by molar-refractivity contribution is -0.125. The van der Waals surface area contributed by atoms with Crippen LogP contribution in [0.3, 0.4) is 0 Å². The Hall–Kier alpha value is -1.10. The molecule has 1 saturated carbocycles. The predicted molar refractivity (Wildman–Crippen MR) is 84.6 cm³/mol. The zero-order valence-electron chi connectivity index (χ0n) is 13.5. The molecule has 1 aliphatic rings. The van der Waals surface area contributed by atoms with Crippen molar-refractivity contribution in [2.24, 2.45) is 17.6 Å². The Morgan fingerprint density at radius 1 is 1.19 bits per heavy atom. The van der Waals surface area contributed by atoms with Crippen molar-refractivity contribution in [3.05, 3.63) is 0 Å². The molecule has 21 heavy (non-hydrogen) atoms. The Morgan fingerprint density at radius 3 is 2.62 bits per heavy atom. The fourth-order valence-corrected chi connectivity index (χ4v) is 2.71. The lowest BCUT2D eigenvalue weighted by Gasteiger charge is -2.14. The molecule has 0 saturated heterocycles. The van der Waals surface area contributed by atoms with Crippen LogP contribution in [0.25, 0.3) is 0 Å².